The Morgan fingerprint density at radius 2 is 1.81 bits per heavy atom. The van der Waals surface area contributed by atoms with Crippen molar-refractivity contribution in [2.45, 2.75) is 63.0 Å². The van der Waals surface area contributed by atoms with E-state index in [0.717, 1.165) is 52.1 Å². The molecule has 0 radical (unpaired) electrons. The molecule has 1 aromatic carbocycles. The van der Waals surface area contributed by atoms with E-state index in [-0.39, 0.29) is 22.9 Å². The molecule has 228 valence electrons. The summed E-state index contributed by atoms with van der Waals surface area (Å²) in [6, 6.07) is 4.91. The maximum atomic E-state index is 14.6. The predicted molar refractivity (Wildman–Crippen MR) is 142 cm³/mol. The van der Waals surface area contributed by atoms with Crippen LogP contribution in [0.1, 0.15) is 55.1 Å². The summed E-state index contributed by atoms with van der Waals surface area (Å²) in [6.45, 7) is 5.22. The molecule has 42 heavy (non-hydrogen) atoms. The van der Waals surface area contributed by atoms with Crippen molar-refractivity contribution in [2.75, 3.05) is 38.6 Å². The fourth-order valence-corrected chi connectivity index (χ4v) is 6.18. The SMILES string of the molecule is COc1c([C@H]2[C@H](C(=O)Nc3ccnc(C(=O)N4CC(N5CCCCC5)C4)c3)O[C@@](C)(C(F)(F)F)[C@H]2C)ccc(F)c1F. The molecule has 0 unspecified atom stereocenters. The molecule has 0 saturated carbocycles. The molecule has 4 atom stereocenters. The smallest absolute Gasteiger partial charge is 0.417 e. The number of piperidine rings is 1. The van der Waals surface area contributed by atoms with Gasteiger partial charge in [-0.1, -0.05) is 19.4 Å². The molecule has 8 nitrogen and oxygen atoms in total. The van der Waals surface area contributed by atoms with E-state index in [1.807, 2.05) is 0 Å². The molecule has 0 aliphatic carbocycles. The molecule has 3 aliphatic rings. The minimum Gasteiger partial charge on any atom is -0.493 e. The topological polar surface area (TPSA) is 84.0 Å². The highest BCUT2D eigenvalue weighted by atomic mass is 19.4. The zero-order valence-electron chi connectivity index (χ0n) is 23.5. The third-order valence-electron chi connectivity index (χ3n) is 8.87. The highest BCUT2D eigenvalue weighted by Crippen LogP contribution is 2.55. The standard InChI is InChI=1S/C29H33F5N4O4/c1-16-22(19-7-8-20(30)23(31)24(19)41-3)25(42-28(16,2)29(32,33)34)26(39)36-17-9-10-35-21(13-17)27(40)38-14-18(15-38)37-11-5-4-6-12-37/h7-10,13,16,18,22,25H,4-6,11-12,14-15H2,1-3H3,(H,35,36,39)/t16-,22-,25+,28+/m0/s1. The average Bonchev–Trinajstić information content (AvgIpc) is 3.21. The Kier molecular flexibility index (Phi) is 8.18. The Morgan fingerprint density at radius 1 is 1.12 bits per heavy atom. The van der Waals surface area contributed by atoms with E-state index in [9.17, 15) is 31.5 Å². The van der Waals surface area contributed by atoms with Crippen molar-refractivity contribution in [3.63, 3.8) is 0 Å². The molecule has 2 amide bonds. The number of carbonyl (C=O) groups excluding carboxylic acids is 2. The number of benzene rings is 1. The van der Waals surface area contributed by atoms with E-state index in [1.54, 1.807) is 4.90 Å². The molecular weight excluding hydrogens is 563 g/mol. The highest BCUT2D eigenvalue weighted by Gasteiger charge is 2.66. The number of ether oxygens (including phenoxy) is 2. The summed E-state index contributed by atoms with van der Waals surface area (Å²) >= 11 is 0. The van der Waals surface area contributed by atoms with Gasteiger partial charge in [0.25, 0.3) is 11.8 Å². The van der Waals surface area contributed by atoms with Gasteiger partial charge in [-0.15, -0.1) is 0 Å². The first-order chi connectivity index (χ1) is 19.9. The van der Waals surface area contributed by atoms with Gasteiger partial charge in [-0.05, 0) is 51.1 Å². The van der Waals surface area contributed by atoms with Crippen LogP contribution >= 0.6 is 0 Å². The zero-order valence-corrected chi connectivity index (χ0v) is 23.5. The minimum atomic E-state index is -4.88. The van der Waals surface area contributed by atoms with Crippen molar-refractivity contribution in [2.24, 2.45) is 5.92 Å². The highest BCUT2D eigenvalue weighted by molar-refractivity contribution is 5.98. The number of aromatic nitrogens is 1. The number of nitrogens with zero attached hydrogens (tertiary/aromatic N) is 3. The van der Waals surface area contributed by atoms with E-state index in [0.29, 0.717) is 19.1 Å². The van der Waals surface area contributed by atoms with Gasteiger partial charge in [0.15, 0.2) is 17.2 Å². The number of amides is 2. The second-order valence-corrected chi connectivity index (χ2v) is 11.3. The van der Waals surface area contributed by atoms with Gasteiger partial charge in [-0.2, -0.15) is 17.6 Å². The Morgan fingerprint density at radius 3 is 2.45 bits per heavy atom. The van der Waals surface area contributed by atoms with Crippen LogP contribution in [0.4, 0.5) is 27.6 Å². The van der Waals surface area contributed by atoms with Crippen molar-refractivity contribution in [1.82, 2.24) is 14.8 Å². The molecule has 4 heterocycles. The predicted octanol–water partition coefficient (Wildman–Crippen LogP) is 4.76. The third-order valence-corrected chi connectivity index (χ3v) is 8.87. The number of carbonyl (C=O) groups is 2. The summed E-state index contributed by atoms with van der Waals surface area (Å²) in [4.78, 5) is 34.7. The Balaban J connectivity index is 1.36. The molecule has 0 bridgehead atoms. The Hall–Kier alpha value is -3.32. The van der Waals surface area contributed by atoms with Gasteiger partial charge < -0.3 is 19.7 Å². The monoisotopic (exact) mass is 596 g/mol. The van der Waals surface area contributed by atoms with Gasteiger partial charge in [-0.3, -0.25) is 19.5 Å². The van der Waals surface area contributed by atoms with E-state index >= 15 is 0 Å². The molecule has 3 aliphatic heterocycles. The summed E-state index contributed by atoms with van der Waals surface area (Å²) in [5.74, 6) is -7.25. The lowest BCUT2D eigenvalue weighted by Crippen LogP contribution is -2.61. The maximum Gasteiger partial charge on any atom is 0.417 e. The van der Waals surface area contributed by atoms with Crippen LogP contribution in [0, 0.1) is 17.6 Å². The molecule has 1 N–H and O–H groups in total. The van der Waals surface area contributed by atoms with Crippen LogP contribution < -0.4 is 10.1 Å². The Bertz CT molecular complexity index is 1350. The largest absolute Gasteiger partial charge is 0.493 e. The first kappa shape index (κ1) is 30.1. The first-order valence-corrected chi connectivity index (χ1v) is 13.9. The van der Waals surface area contributed by atoms with Crippen molar-refractivity contribution >= 4 is 17.5 Å². The van der Waals surface area contributed by atoms with Crippen molar-refractivity contribution < 1.29 is 41.0 Å². The number of pyridine rings is 1. The van der Waals surface area contributed by atoms with Crippen LogP contribution in [0.25, 0.3) is 0 Å². The lowest BCUT2D eigenvalue weighted by Gasteiger charge is -2.46. The van der Waals surface area contributed by atoms with Gasteiger partial charge in [0.1, 0.15) is 11.8 Å². The van der Waals surface area contributed by atoms with Gasteiger partial charge in [0, 0.05) is 48.4 Å². The number of methoxy groups -OCH3 is 1. The third kappa shape index (κ3) is 5.32. The molecule has 13 heteroatoms. The second kappa shape index (κ2) is 11.4. The normalized spacial score (nSPS) is 27.0. The van der Waals surface area contributed by atoms with Crippen molar-refractivity contribution in [1.29, 1.82) is 0 Å². The van der Waals surface area contributed by atoms with Crippen LogP contribution in [-0.2, 0) is 9.53 Å². The van der Waals surface area contributed by atoms with Crippen LogP contribution in [0.15, 0.2) is 30.5 Å². The Labute approximate surface area is 240 Å². The lowest BCUT2D eigenvalue weighted by molar-refractivity contribution is -0.272. The first-order valence-electron chi connectivity index (χ1n) is 13.9. The number of likely N-dealkylation sites (tertiary alicyclic amines) is 2. The molecule has 3 fully saturated rings. The number of hydrogen-bond donors (Lipinski definition) is 1. The zero-order chi connectivity index (χ0) is 30.4. The number of alkyl halides is 3. The number of anilines is 1. The summed E-state index contributed by atoms with van der Waals surface area (Å²) in [5.41, 5.74) is -2.72. The van der Waals surface area contributed by atoms with Gasteiger partial charge in [0.05, 0.1) is 7.11 Å². The van der Waals surface area contributed by atoms with Crippen LogP contribution in [-0.4, -0.2) is 83.8 Å². The number of rotatable bonds is 6. The van der Waals surface area contributed by atoms with Gasteiger partial charge in [-0.25, -0.2) is 4.39 Å². The molecular formula is C29H33F5N4O4. The molecule has 1 aromatic heterocycles. The number of halogens is 5. The maximum absolute atomic E-state index is 14.6. The molecule has 2 aromatic rings. The fraction of sp³-hybridized carbons (Fsp3) is 0.552. The average molecular weight is 597 g/mol. The molecule has 0 spiro atoms. The molecule has 5 rings (SSSR count). The van der Waals surface area contributed by atoms with Gasteiger partial charge >= 0.3 is 6.18 Å². The van der Waals surface area contributed by atoms with Crippen LogP contribution in [0.5, 0.6) is 5.75 Å². The van der Waals surface area contributed by atoms with Gasteiger partial charge in [0.2, 0.25) is 5.82 Å². The summed E-state index contributed by atoms with van der Waals surface area (Å²) in [5, 5.41) is 2.53. The fourth-order valence-electron chi connectivity index (χ4n) is 6.18. The summed E-state index contributed by atoms with van der Waals surface area (Å²) < 4.78 is 81.5. The second-order valence-electron chi connectivity index (χ2n) is 11.3. The van der Waals surface area contributed by atoms with Crippen LogP contribution in [0.2, 0.25) is 0 Å². The van der Waals surface area contributed by atoms with E-state index in [1.165, 1.54) is 31.7 Å². The molecule has 3 saturated heterocycles. The van der Waals surface area contributed by atoms with E-state index in [4.69, 9.17) is 9.47 Å². The summed E-state index contributed by atoms with van der Waals surface area (Å²) in [7, 11) is 1.06. The van der Waals surface area contributed by atoms with E-state index in [2.05, 4.69) is 15.2 Å². The van der Waals surface area contributed by atoms with Crippen LogP contribution in [0.3, 0.4) is 0 Å². The van der Waals surface area contributed by atoms with Crippen molar-refractivity contribution in [3.05, 3.63) is 53.4 Å². The minimum absolute atomic E-state index is 0.0737. The van der Waals surface area contributed by atoms with E-state index < -0.39 is 53.0 Å². The van der Waals surface area contributed by atoms with Crippen molar-refractivity contribution in [3.8, 4) is 5.75 Å². The lowest BCUT2D eigenvalue weighted by atomic mass is 9.77. The quantitative estimate of drug-likeness (QED) is 0.485. The summed E-state index contributed by atoms with van der Waals surface area (Å²) in [6.07, 6.45) is -1.82. The number of nitrogens with one attached hydrogen (secondary N) is 1. The number of hydrogen-bond acceptors (Lipinski definition) is 6.